The van der Waals surface area contributed by atoms with E-state index < -0.39 is 0 Å². The van der Waals surface area contributed by atoms with Crippen molar-refractivity contribution in [2.45, 2.75) is 33.2 Å². The lowest BCUT2D eigenvalue weighted by atomic mass is 10.2. The Morgan fingerprint density at radius 1 is 1.25 bits per heavy atom. The minimum atomic E-state index is 0.0123. The van der Waals surface area contributed by atoms with E-state index in [0.717, 1.165) is 36.7 Å². The molecule has 1 aromatic carbocycles. The van der Waals surface area contributed by atoms with Gasteiger partial charge in [-0.3, -0.25) is 4.79 Å². The van der Waals surface area contributed by atoms with E-state index in [-0.39, 0.29) is 5.56 Å². The van der Waals surface area contributed by atoms with Crippen molar-refractivity contribution in [3.05, 3.63) is 40.8 Å². The van der Waals surface area contributed by atoms with Gasteiger partial charge in [-0.2, -0.15) is 5.10 Å². The summed E-state index contributed by atoms with van der Waals surface area (Å²) in [4.78, 5) is 12.2. The van der Waals surface area contributed by atoms with Crippen molar-refractivity contribution < 1.29 is 0 Å². The van der Waals surface area contributed by atoms with Crippen LogP contribution in [0.1, 0.15) is 26.7 Å². The average molecular weight is 273 g/mol. The Morgan fingerprint density at radius 3 is 2.85 bits per heavy atom. The highest BCUT2D eigenvalue weighted by atomic mass is 16.1. The zero-order valence-corrected chi connectivity index (χ0v) is 12.3. The molecule has 0 spiro atoms. The van der Waals surface area contributed by atoms with E-state index in [1.807, 2.05) is 24.3 Å². The maximum Gasteiger partial charge on any atom is 0.274 e. The first-order valence-corrected chi connectivity index (χ1v) is 7.34. The third kappa shape index (κ3) is 3.90. The van der Waals surface area contributed by atoms with Crippen molar-refractivity contribution in [3.63, 3.8) is 0 Å². The molecule has 0 amide bonds. The summed E-state index contributed by atoms with van der Waals surface area (Å²) in [5.74, 6) is 0.680. The van der Waals surface area contributed by atoms with Crippen molar-refractivity contribution in [2.75, 3.05) is 13.1 Å². The summed E-state index contributed by atoms with van der Waals surface area (Å²) < 4.78 is 1.57. The predicted molar refractivity (Wildman–Crippen MR) is 82.9 cm³/mol. The van der Waals surface area contributed by atoms with Crippen LogP contribution in [0.2, 0.25) is 0 Å². The van der Waals surface area contributed by atoms with E-state index in [1.165, 1.54) is 0 Å². The second-order valence-electron chi connectivity index (χ2n) is 5.57. The number of benzene rings is 1. The van der Waals surface area contributed by atoms with Crippen molar-refractivity contribution >= 4 is 10.8 Å². The number of aromatic nitrogens is 2. The van der Waals surface area contributed by atoms with Gasteiger partial charge < -0.3 is 5.32 Å². The highest BCUT2D eigenvalue weighted by Gasteiger charge is 2.02. The van der Waals surface area contributed by atoms with Gasteiger partial charge in [0, 0.05) is 11.9 Å². The minimum absolute atomic E-state index is 0.0123. The Bertz CT molecular complexity index is 604. The van der Waals surface area contributed by atoms with Crippen LogP contribution in [0.3, 0.4) is 0 Å². The zero-order valence-electron chi connectivity index (χ0n) is 12.3. The number of fused-ring (bicyclic) bond motifs is 1. The van der Waals surface area contributed by atoms with E-state index in [2.05, 4.69) is 24.3 Å². The van der Waals surface area contributed by atoms with Crippen LogP contribution in [-0.2, 0) is 6.54 Å². The topological polar surface area (TPSA) is 46.9 Å². The van der Waals surface area contributed by atoms with Crippen LogP contribution in [0.5, 0.6) is 0 Å². The second kappa shape index (κ2) is 7.20. The summed E-state index contributed by atoms with van der Waals surface area (Å²) in [5, 5.41) is 9.30. The van der Waals surface area contributed by atoms with Crippen LogP contribution in [0.15, 0.2) is 35.3 Å². The molecule has 0 saturated carbocycles. The van der Waals surface area contributed by atoms with Crippen LogP contribution in [-0.4, -0.2) is 22.9 Å². The van der Waals surface area contributed by atoms with Gasteiger partial charge in [0.15, 0.2) is 0 Å². The van der Waals surface area contributed by atoms with Gasteiger partial charge >= 0.3 is 0 Å². The van der Waals surface area contributed by atoms with Gasteiger partial charge in [0.2, 0.25) is 0 Å². The maximum atomic E-state index is 12.2. The number of nitrogens with one attached hydrogen (secondary N) is 1. The van der Waals surface area contributed by atoms with Gasteiger partial charge in [-0.1, -0.05) is 32.0 Å². The standard InChI is InChI=1S/C16H23N3O/c1-13(2)11-17-9-5-6-10-19-16(20)15-8-4-3-7-14(15)12-18-19/h3-4,7-8,12-13,17H,5-6,9-11H2,1-2H3. The molecule has 0 unspecified atom stereocenters. The first kappa shape index (κ1) is 14.7. The summed E-state index contributed by atoms with van der Waals surface area (Å²) in [6.07, 6.45) is 3.80. The van der Waals surface area contributed by atoms with Crippen LogP contribution in [0.25, 0.3) is 10.8 Å². The molecule has 0 bridgehead atoms. The second-order valence-corrected chi connectivity index (χ2v) is 5.57. The first-order chi connectivity index (χ1) is 9.68. The number of hydrogen-bond acceptors (Lipinski definition) is 3. The molecule has 0 atom stereocenters. The van der Waals surface area contributed by atoms with Gasteiger partial charge in [-0.15, -0.1) is 0 Å². The van der Waals surface area contributed by atoms with Gasteiger partial charge in [-0.05, 0) is 37.9 Å². The normalized spacial score (nSPS) is 11.3. The van der Waals surface area contributed by atoms with E-state index in [4.69, 9.17) is 0 Å². The number of unbranched alkanes of at least 4 members (excludes halogenated alkanes) is 1. The van der Waals surface area contributed by atoms with Crippen LogP contribution in [0.4, 0.5) is 0 Å². The van der Waals surface area contributed by atoms with E-state index in [0.29, 0.717) is 12.5 Å². The van der Waals surface area contributed by atoms with Gasteiger partial charge in [0.25, 0.3) is 5.56 Å². The molecule has 108 valence electrons. The summed E-state index contributed by atoms with van der Waals surface area (Å²) in [7, 11) is 0. The summed E-state index contributed by atoms with van der Waals surface area (Å²) in [6, 6.07) is 7.60. The van der Waals surface area contributed by atoms with E-state index >= 15 is 0 Å². The van der Waals surface area contributed by atoms with Gasteiger partial charge in [-0.25, -0.2) is 4.68 Å². The van der Waals surface area contributed by atoms with Gasteiger partial charge in [0.1, 0.15) is 0 Å². The Hall–Kier alpha value is -1.68. The van der Waals surface area contributed by atoms with Crippen molar-refractivity contribution in [3.8, 4) is 0 Å². The van der Waals surface area contributed by atoms with E-state index in [1.54, 1.807) is 10.9 Å². The monoisotopic (exact) mass is 273 g/mol. The molecule has 4 nitrogen and oxygen atoms in total. The summed E-state index contributed by atoms with van der Waals surface area (Å²) in [6.45, 7) is 7.14. The smallest absolute Gasteiger partial charge is 0.274 e. The zero-order chi connectivity index (χ0) is 14.4. The highest BCUT2D eigenvalue weighted by molar-refractivity contribution is 5.80. The third-order valence-corrected chi connectivity index (χ3v) is 3.29. The average Bonchev–Trinajstić information content (AvgIpc) is 2.45. The number of nitrogens with zero attached hydrogens (tertiary/aromatic N) is 2. The molecule has 1 aromatic heterocycles. The Kier molecular flexibility index (Phi) is 5.30. The molecule has 0 radical (unpaired) electrons. The molecule has 2 rings (SSSR count). The Balaban J connectivity index is 1.87. The van der Waals surface area contributed by atoms with E-state index in [9.17, 15) is 4.79 Å². The first-order valence-electron chi connectivity index (χ1n) is 7.34. The number of hydrogen-bond donors (Lipinski definition) is 1. The lowest BCUT2D eigenvalue weighted by Crippen LogP contribution is -2.24. The molecule has 1 N–H and O–H groups in total. The molecule has 0 saturated heterocycles. The fourth-order valence-corrected chi connectivity index (χ4v) is 2.19. The molecular weight excluding hydrogens is 250 g/mol. The Labute approximate surface area is 119 Å². The molecule has 0 aliphatic rings. The third-order valence-electron chi connectivity index (χ3n) is 3.29. The molecule has 4 heteroatoms. The van der Waals surface area contributed by atoms with Gasteiger partial charge in [0.05, 0.1) is 11.6 Å². The largest absolute Gasteiger partial charge is 0.316 e. The summed E-state index contributed by atoms with van der Waals surface area (Å²) in [5.41, 5.74) is 0.0123. The van der Waals surface area contributed by atoms with Crippen LogP contribution < -0.4 is 10.9 Å². The molecule has 2 aromatic rings. The minimum Gasteiger partial charge on any atom is -0.316 e. The molecule has 0 aliphatic carbocycles. The quantitative estimate of drug-likeness (QED) is 0.788. The van der Waals surface area contributed by atoms with Crippen molar-refractivity contribution in [1.82, 2.24) is 15.1 Å². The molecular formula is C16H23N3O. The maximum absolute atomic E-state index is 12.2. The fraction of sp³-hybridized carbons (Fsp3) is 0.500. The number of aryl methyl sites for hydroxylation is 1. The van der Waals surface area contributed by atoms with Crippen molar-refractivity contribution in [1.29, 1.82) is 0 Å². The van der Waals surface area contributed by atoms with Crippen molar-refractivity contribution in [2.24, 2.45) is 5.92 Å². The highest BCUT2D eigenvalue weighted by Crippen LogP contribution is 2.06. The summed E-state index contributed by atoms with van der Waals surface area (Å²) >= 11 is 0. The molecule has 1 heterocycles. The fourth-order valence-electron chi connectivity index (χ4n) is 2.19. The number of rotatable bonds is 7. The SMILES string of the molecule is CC(C)CNCCCCn1ncc2ccccc2c1=O. The van der Waals surface area contributed by atoms with Crippen LogP contribution in [0, 0.1) is 5.92 Å². The lowest BCUT2D eigenvalue weighted by molar-refractivity contribution is 0.497. The lowest BCUT2D eigenvalue weighted by Gasteiger charge is -2.08. The Morgan fingerprint density at radius 2 is 2.05 bits per heavy atom. The molecule has 0 aliphatic heterocycles. The molecule has 0 fully saturated rings. The molecule has 20 heavy (non-hydrogen) atoms. The van der Waals surface area contributed by atoms with Crippen LogP contribution >= 0.6 is 0 Å². The predicted octanol–water partition coefficient (Wildman–Crippen LogP) is 2.42.